The van der Waals surface area contributed by atoms with E-state index in [2.05, 4.69) is 26.9 Å². The lowest BCUT2D eigenvalue weighted by Crippen LogP contribution is -2.22. The van der Waals surface area contributed by atoms with Crippen molar-refractivity contribution in [2.75, 3.05) is 11.9 Å². The zero-order valence-corrected chi connectivity index (χ0v) is 11.2. The highest BCUT2D eigenvalue weighted by molar-refractivity contribution is 5.49. The Morgan fingerprint density at radius 2 is 2.00 bits per heavy atom. The summed E-state index contributed by atoms with van der Waals surface area (Å²) >= 11 is 0. The van der Waals surface area contributed by atoms with Crippen molar-refractivity contribution in [1.82, 2.24) is 15.0 Å². The molecule has 0 aliphatic heterocycles. The Morgan fingerprint density at radius 1 is 1.11 bits per heavy atom. The van der Waals surface area contributed by atoms with Crippen LogP contribution in [-0.4, -0.2) is 22.0 Å². The van der Waals surface area contributed by atoms with Gasteiger partial charge in [-0.05, 0) is 37.8 Å². The molecule has 0 saturated heterocycles. The highest BCUT2D eigenvalue weighted by Gasteiger charge is 2.17. The molecule has 1 aliphatic carbocycles. The van der Waals surface area contributed by atoms with Gasteiger partial charge in [-0.1, -0.05) is 6.07 Å². The molecular formula is C15H18N4. The molecule has 2 heterocycles. The van der Waals surface area contributed by atoms with Crippen molar-refractivity contribution in [2.24, 2.45) is 0 Å². The third-order valence-electron chi connectivity index (χ3n) is 3.59. The van der Waals surface area contributed by atoms with Gasteiger partial charge >= 0.3 is 0 Å². The minimum absolute atomic E-state index is 0.782. The number of anilines is 1. The van der Waals surface area contributed by atoms with Crippen LogP contribution in [0.2, 0.25) is 0 Å². The number of hydrogen-bond donors (Lipinski definition) is 0. The van der Waals surface area contributed by atoms with Crippen LogP contribution in [0, 0.1) is 0 Å². The predicted molar refractivity (Wildman–Crippen MR) is 75.0 cm³/mol. The summed E-state index contributed by atoms with van der Waals surface area (Å²) in [6, 6.07) is 6.01. The van der Waals surface area contributed by atoms with Crippen molar-refractivity contribution in [3.63, 3.8) is 0 Å². The number of fused-ring (bicyclic) bond motifs is 1. The molecule has 3 rings (SSSR count). The predicted octanol–water partition coefficient (Wildman–Crippen LogP) is 2.39. The molecule has 0 spiro atoms. The van der Waals surface area contributed by atoms with E-state index in [1.165, 1.54) is 24.1 Å². The quantitative estimate of drug-likeness (QED) is 0.843. The standard InChI is InChI=1S/C15H18N4/c1-19(10-12-6-4-5-9-16-12)15-13-7-2-3-8-14(13)17-11-18-15/h4-6,9,11H,2-3,7-8,10H2,1H3. The molecule has 0 saturated carbocycles. The van der Waals surface area contributed by atoms with Gasteiger partial charge in [0.05, 0.1) is 12.2 Å². The fourth-order valence-electron chi connectivity index (χ4n) is 2.64. The summed E-state index contributed by atoms with van der Waals surface area (Å²) in [4.78, 5) is 15.4. The third kappa shape index (κ3) is 2.57. The molecule has 4 nitrogen and oxygen atoms in total. The Kier molecular flexibility index (Phi) is 3.40. The number of aromatic nitrogens is 3. The molecule has 4 heteroatoms. The van der Waals surface area contributed by atoms with Crippen molar-refractivity contribution < 1.29 is 0 Å². The smallest absolute Gasteiger partial charge is 0.135 e. The molecule has 0 amide bonds. The van der Waals surface area contributed by atoms with E-state index < -0.39 is 0 Å². The van der Waals surface area contributed by atoms with Crippen LogP contribution in [0.25, 0.3) is 0 Å². The SMILES string of the molecule is CN(Cc1ccccn1)c1ncnc2c1CCCC2. The average Bonchev–Trinajstić information content (AvgIpc) is 2.47. The summed E-state index contributed by atoms with van der Waals surface area (Å²) in [6.07, 6.45) is 8.19. The summed E-state index contributed by atoms with van der Waals surface area (Å²) in [7, 11) is 2.08. The van der Waals surface area contributed by atoms with Crippen LogP contribution in [0.5, 0.6) is 0 Å². The average molecular weight is 254 g/mol. The van der Waals surface area contributed by atoms with E-state index in [0.29, 0.717) is 0 Å². The maximum atomic E-state index is 4.48. The Morgan fingerprint density at radius 3 is 2.84 bits per heavy atom. The number of pyridine rings is 1. The highest BCUT2D eigenvalue weighted by Crippen LogP contribution is 2.26. The van der Waals surface area contributed by atoms with Crippen LogP contribution in [0.15, 0.2) is 30.7 Å². The number of aryl methyl sites for hydroxylation is 1. The van der Waals surface area contributed by atoms with Crippen LogP contribution in [0.1, 0.15) is 29.8 Å². The monoisotopic (exact) mass is 254 g/mol. The molecule has 0 unspecified atom stereocenters. The fraction of sp³-hybridized carbons (Fsp3) is 0.400. The van der Waals surface area contributed by atoms with Crippen molar-refractivity contribution in [1.29, 1.82) is 0 Å². The van der Waals surface area contributed by atoms with E-state index in [9.17, 15) is 0 Å². The molecule has 0 radical (unpaired) electrons. The van der Waals surface area contributed by atoms with E-state index in [0.717, 1.165) is 30.9 Å². The van der Waals surface area contributed by atoms with Gasteiger partial charge in [-0.15, -0.1) is 0 Å². The summed E-state index contributed by atoms with van der Waals surface area (Å²) in [6.45, 7) is 0.782. The zero-order valence-electron chi connectivity index (χ0n) is 11.2. The second-order valence-corrected chi connectivity index (χ2v) is 5.01. The zero-order chi connectivity index (χ0) is 13.1. The van der Waals surface area contributed by atoms with Crippen molar-refractivity contribution in [2.45, 2.75) is 32.2 Å². The second kappa shape index (κ2) is 5.34. The lowest BCUT2D eigenvalue weighted by atomic mass is 9.96. The van der Waals surface area contributed by atoms with Crippen molar-refractivity contribution in [3.05, 3.63) is 47.7 Å². The molecule has 0 fully saturated rings. The van der Waals surface area contributed by atoms with Gasteiger partial charge in [0, 0.05) is 24.5 Å². The minimum atomic E-state index is 0.782. The first kappa shape index (κ1) is 12.1. The first-order valence-corrected chi connectivity index (χ1v) is 6.78. The summed E-state index contributed by atoms with van der Waals surface area (Å²) in [5.41, 5.74) is 3.62. The Balaban J connectivity index is 1.86. The number of rotatable bonds is 3. The van der Waals surface area contributed by atoms with Gasteiger partial charge in [0.15, 0.2) is 0 Å². The first-order valence-electron chi connectivity index (χ1n) is 6.78. The largest absolute Gasteiger partial charge is 0.353 e. The first-order chi connectivity index (χ1) is 9.34. The minimum Gasteiger partial charge on any atom is -0.353 e. The van der Waals surface area contributed by atoms with Crippen LogP contribution < -0.4 is 4.90 Å². The van der Waals surface area contributed by atoms with Crippen molar-refractivity contribution >= 4 is 5.82 Å². The van der Waals surface area contributed by atoms with Gasteiger partial charge in [-0.3, -0.25) is 4.98 Å². The van der Waals surface area contributed by atoms with Crippen LogP contribution in [0.3, 0.4) is 0 Å². The molecule has 1 aliphatic rings. The van der Waals surface area contributed by atoms with Gasteiger partial charge in [-0.25, -0.2) is 9.97 Å². The lowest BCUT2D eigenvalue weighted by molar-refractivity contribution is 0.657. The Bertz CT molecular complexity index is 553. The van der Waals surface area contributed by atoms with E-state index in [4.69, 9.17) is 0 Å². The lowest BCUT2D eigenvalue weighted by Gasteiger charge is -2.24. The van der Waals surface area contributed by atoms with Gasteiger partial charge in [0.25, 0.3) is 0 Å². The highest BCUT2D eigenvalue weighted by atomic mass is 15.2. The number of hydrogen-bond acceptors (Lipinski definition) is 4. The van der Waals surface area contributed by atoms with Gasteiger partial charge in [-0.2, -0.15) is 0 Å². The second-order valence-electron chi connectivity index (χ2n) is 5.01. The van der Waals surface area contributed by atoms with E-state index in [1.807, 2.05) is 24.4 Å². The molecule has 98 valence electrons. The van der Waals surface area contributed by atoms with Crippen LogP contribution in [-0.2, 0) is 19.4 Å². The molecule has 2 aromatic rings. The molecule has 2 aromatic heterocycles. The maximum Gasteiger partial charge on any atom is 0.135 e. The van der Waals surface area contributed by atoms with Gasteiger partial charge < -0.3 is 4.90 Å². The number of nitrogens with zero attached hydrogens (tertiary/aromatic N) is 4. The fourth-order valence-corrected chi connectivity index (χ4v) is 2.64. The third-order valence-corrected chi connectivity index (χ3v) is 3.59. The van der Waals surface area contributed by atoms with Crippen molar-refractivity contribution in [3.8, 4) is 0 Å². The van der Waals surface area contributed by atoms with Gasteiger partial charge in [0.2, 0.25) is 0 Å². The Hall–Kier alpha value is -1.97. The van der Waals surface area contributed by atoms with E-state index >= 15 is 0 Å². The maximum absolute atomic E-state index is 4.48. The molecular weight excluding hydrogens is 236 g/mol. The summed E-state index contributed by atoms with van der Waals surface area (Å²) in [5, 5.41) is 0. The van der Waals surface area contributed by atoms with E-state index in [-0.39, 0.29) is 0 Å². The van der Waals surface area contributed by atoms with Crippen LogP contribution in [0.4, 0.5) is 5.82 Å². The molecule has 19 heavy (non-hydrogen) atoms. The molecule has 0 bridgehead atoms. The summed E-state index contributed by atoms with van der Waals surface area (Å²) in [5.74, 6) is 1.07. The Labute approximate surface area is 113 Å². The topological polar surface area (TPSA) is 41.9 Å². The van der Waals surface area contributed by atoms with E-state index in [1.54, 1.807) is 6.33 Å². The molecule has 0 N–H and O–H groups in total. The molecule has 0 atom stereocenters. The normalized spacial score (nSPS) is 13.9. The van der Waals surface area contributed by atoms with Gasteiger partial charge in [0.1, 0.15) is 12.1 Å². The van der Waals surface area contributed by atoms with Crippen LogP contribution >= 0.6 is 0 Å². The molecule has 0 aromatic carbocycles. The summed E-state index contributed by atoms with van der Waals surface area (Å²) < 4.78 is 0.